The van der Waals surface area contributed by atoms with Gasteiger partial charge < -0.3 is 9.72 Å². The summed E-state index contributed by atoms with van der Waals surface area (Å²) < 4.78 is 33.6. The molecule has 4 rings (SSSR count). The number of ether oxygens (including phenoxy) is 1. The summed E-state index contributed by atoms with van der Waals surface area (Å²) >= 11 is 0. The molecule has 0 saturated carbocycles. The second kappa shape index (κ2) is 6.95. The summed E-state index contributed by atoms with van der Waals surface area (Å²) in [5.74, 6) is 0.994. The fraction of sp³-hybridized carbons (Fsp3) is 0.524. The lowest BCUT2D eigenvalue weighted by Gasteiger charge is -2.38. The molecule has 1 fully saturated rings. The van der Waals surface area contributed by atoms with Crippen molar-refractivity contribution >= 4 is 10.0 Å². The number of aromatic nitrogens is 2. The summed E-state index contributed by atoms with van der Waals surface area (Å²) in [5, 5.41) is 0. The quantitative estimate of drug-likeness (QED) is 0.828. The second-order valence-electron chi connectivity index (χ2n) is 8.25. The van der Waals surface area contributed by atoms with Crippen LogP contribution in [0, 0.1) is 20.8 Å². The molecule has 2 aliphatic rings. The monoisotopic (exact) mass is 417 g/mol. The van der Waals surface area contributed by atoms with Crippen molar-refractivity contribution in [3.05, 3.63) is 50.7 Å². The molecule has 2 heterocycles. The van der Waals surface area contributed by atoms with Crippen molar-refractivity contribution in [2.24, 2.45) is 0 Å². The van der Waals surface area contributed by atoms with Gasteiger partial charge in [0.2, 0.25) is 10.0 Å². The first-order chi connectivity index (χ1) is 13.7. The van der Waals surface area contributed by atoms with Gasteiger partial charge in [-0.15, -0.1) is 0 Å². The van der Waals surface area contributed by atoms with Crippen LogP contribution in [0.2, 0.25) is 0 Å². The molecule has 0 unspecified atom stereocenters. The Morgan fingerprint density at radius 1 is 1.10 bits per heavy atom. The molecule has 1 spiro atoms. The highest BCUT2D eigenvalue weighted by Crippen LogP contribution is 2.45. The largest absolute Gasteiger partial charge is 0.495 e. The van der Waals surface area contributed by atoms with E-state index in [1.165, 1.54) is 7.11 Å². The van der Waals surface area contributed by atoms with Crippen molar-refractivity contribution in [1.29, 1.82) is 0 Å². The molecule has 7 nitrogen and oxygen atoms in total. The maximum Gasteiger partial charge on any atom is 0.254 e. The van der Waals surface area contributed by atoms with Gasteiger partial charge in [0.05, 0.1) is 12.8 Å². The third-order valence-electron chi connectivity index (χ3n) is 6.57. The lowest BCUT2D eigenvalue weighted by Crippen LogP contribution is -2.44. The minimum absolute atomic E-state index is 0.0562. The average Bonchev–Trinajstić information content (AvgIpc) is 3.02. The fourth-order valence-corrected chi connectivity index (χ4v) is 6.33. The molecule has 0 amide bonds. The summed E-state index contributed by atoms with van der Waals surface area (Å²) in [4.78, 5) is 19.9. The summed E-state index contributed by atoms with van der Waals surface area (Å²) in [7, 11) is -2.17. The third-order valence-corrected chi connectivity index (χ3v) is 8.49. The van der Waals surface area contributed by atoms with Crippen LogP contribution in [0.15, 0.2) is 21.8 Å². The highest BCUT2D eigenvalue weighted by Gasteiger charge is 2.46. The fourth-order valence-electron chi connectivity index (χ4n) is 4.67. The molecule has 156 valence electrons. The molecular weight excluding hydrogens is 390 g/mol. The van der Waals surface area contributed by atoms with Crippen LogP contribution in [-0.2, 0) is 21.9 Å². The summed E-state index contributed by atoms with van der Waals surface area (Å²) in [6.45, 7) is 6.45. The molecule has 1 aromatic carbocycles. The van der Waals surface area contributed by atoms with E-state index in [0.29, 0.717) is 43.9 Å². The van der Waals surface area contributed by atoms with Crippen LogP contribution in [0.3, 0.4) is 0 Å². The van der Waals surface area contributed by atoms with Crippen molar-refractivity contribution in [3.8, 4) is 5.75 Å². The molecule has 1 aliphatic heterocycles. The van der Waals surface area contributed by atoms with Gasteiger partial charge in [0.15, 0.2) is 0 Å². The van der Waals surface area contributed by atoms with E-state index in [9.17, 15) is 13.2 Å². The molecule has 2 aromatic rings. The van der Waals surface area contributed by atoms with E-state index >= 15 is 0 Å². The predicted molar refractivity (Wildman–Crippen MR) is 110 cm³/mol. The van der Waals surface area contributed by atoms with Gasteiger partial charge in [-0.25, -0.2) is 13.4 Å². The molecule has 0 atom stereocenters. The van der Waals surface area contributed by atoms with E-state index in [0.717, 1.165) is 28.8 Å². The molecular formula is C21H27N3O4S. The van der Waals surface area contributed by atoms with Gasteiger partial charge in [0, 0.05) is 24.1 Å². The van der Waals surface area contributed by atoms with Gasteiger partial charge in [-0.05, 0) is 69.7 Å². The number of piperidine rings is 1. The first kappa shape index (κ1) is 20.1. The molecule has 1 aliphatic carbocycles. The third kappa shape index (κ3) is 3.18. The molecule has 0 bridgehead atoms. The molecule has 0 radical (unpaired) electrons. The van der Waals surface area contributed by atoms with Crippen molar-refractivity contribution in [2.75, 3.05) is 20.2 Å². The molecule has 29 heavy (non-hydrogen) atoms. The summed E-state index contributed by atoms with van der Waals surface area (Å²) in [6, 6.07) is 3.48. The Balaban J connectivity index is 1.64. The Kier molecular flexibility index (Phi) is 4.82. The van der Waals surface area contributed by atoms with Crippen LogP contribution in [0.5, 0.6) is 5.75 Å². The van der Waals surface area contributed by atoms with Crippen LogP contribution in [-0.4, -0.2) is 42.9 Å². The lowest BCUT2D eigenvalue weighted by atomic mass is 9.76. The van der Waals surface area contributed by atoms with Crippen molar-refractivity contribution in [2.45, 2.75) is 56.8 Å². The van der Waals surface area contributed by atoms with Crippen LogP contribution < -0.4 is 10.3 Å². The number of nitrogens with one attached hydrogen (secondary N) is 1. The standard InChI is InChI=1S/C21H27N3O4S/c1-13-11-17(28-4)18(12-14(13)2)29(26,27)24-9-7-21(8-10-24)6-5-16-19(21)22-15(3)23-20(16)25/h11-12H,5-10H2,1-4H3,(H,22,23,25). The van der Waals surface area contributed by atoms with Gasteiger partial charge >= 0.3 is 0 Å². The van der Waals surface area contributed by atoms with Gasteiger partial charge in [-0.2, -0.15) is 4.31 Å². The van der Waals surface area contributed by atoms with Crippen molar-refractivity contribution in [1.82, 2.24) is 14.3 Å². The van der Waals surface area contributed by atoms with E-state index in [1.54, 1.807) is 23.4 Å². The van der Waals surface area contributed by atoms with Crippen LogP contribution in [0.25, 0.3) is 0 Å². The Hall–Kier alpha value is -2.19. The van der Waals surface area contributed by atoms with Gasteiger partial charge in [-0.3, -0.25) is 4.79 Å². The van der Waals surface area contributed by atoms with Crippen LogP contribution >= 0.6 is 0 Å². The van der Waals surface area contributed by atoms with Crippen molar-refractivity contribution < 1.29 is 13.2 Å². The number of aromatic amines is 1. The molecule has 1 aromatic heterocycles. The molecule has 1 N–H and O–H groups in total. The Bertz CT molecular complexity index is 1130. The topological polar surface area (TPSA) is 92.4 Å². The normalized spacial score (nSPS) is 18.8. The van der Waals surface area contributed by atoms with Gasteiger partial charge in [-0.1, -0.05) is 0 Å². The lowest BCUT2D eigenvalue weighted by molar-refractivity contribution is 0.227. The van der Waals surface area contributed by atoms with E-state index in [4.69, 9.17) is 4.74 Å². The zero-order valence-corrected chi connectivity index (χ0v) is 18.1. The highest BCUT2D eigenvalue weighted by atomic mass is 32.2. The zero-order valence-electron chi connectivity index (χ0n) is 17.3. The van der Waals surface area contributed by atoms with Crippen molar-refractivity contribution in [3.63, 3.8) is 0 Å². The average molecular weight is 418 g/mol. The Morgan fingerprint density at radius 3 is 2.41 bits per heavy atom. The number of benzene rings is 1. The van der Waals surface area contributed by atoms with Crippen LogP contribution in [0.1, 0.15) is 47.5 Å². The van der Waals surface area contributed by atoms with E-state index < -0.39 is 10.0 Å². The van der Waals surface area contributed by atoms with Gasteiger partial charge in [0.1, 0.15) is 16.5 Å². The van der Waals surface area contributed by atoms with E-state index in [2.05, 4.69) is 9.97 Å². The number of nitrogens with zero attached hydrogens (tertiary/aromatic N) is 2. The number of methoxy groups -OCH3 is 1. The first-order valence-electron chi connectivity index (χ1n) is 9.94. The van der Waals surface area contributed by atoms with Gasteiger partial charge in [0.25, 0.3) is 5.56 Å². The summed E-state index contributed by atoms with van der Waals surface area (Å²) in [5.41, 5.74) is 3.30. The van der Waals surface area contributed by atoms with Crippen LogP contribution in [0.4, 0.5) is 0 Å². The molecule has 8 heteroatoms. The second-order valence-corrected chi connectivity index (χ2v) is 10.2. The van der Waals surface area contributed by atoms with E-state index in [-0.39, 0.29) is 15.9 Å². The number of hydrogen-bond acceptors (Lipinski definition) is 5. The minimum atomic E-state index is -3.66. The summed E-state index contributed by atoms with van der Waals surface area (Å²) in [6.07, 6.45) is 2.89. The minimum Gasteiger partial charge on any atom is -0.495 e. The number of sulfonamides is 1. The zero-order chi connectivity index (χ0) is 21.0. The maximum absolute atomic E-state index is 13.4. The smallest absolute Gasteiger partial charge is 0.254 e. The first-order valence-corrected chi connectivity index (χ1v) is 11.4. The number of rotatable bonds is 3. The Morgan fingerprint density at radius 2 is 1.76 bits per heavy atom. The predicted octanol–water partition coefficient (Wildman–Crippen LogP) is 2.37. The number of hydrogen-bond donors (Lipinski definition) is 1. The number of fused-ring (bicyclic) bond motifs is 2. The maximum atomic E-state index is 13.4. The number of H-pyrrole nitrogens is 1. The van der Waals surface area contributed by atoms with E-state index in [1.807, 2.05) is 13.8 Å². The Labute approximate surface area is 171 Å². The number of aryl methyl sites for hydroxylation is 3. The molecule has 1 saturated heterocycles. The SMILES string of the molecule is COc1cc(C)c(C)cc1S(=O)(=O)N1CCC2(CCc3c2nc(C)[nH]c3=O)CC1. The highest BCUT2D eigenvalue weighted by molar-refractivity contribution is 7.89.